The van der Waals surface area contributed by atoms with Crippen molar-refractivity contribution in [1.29, 1.82) is 0 Å². The predicted molar refractivity (Wildman–Crippen MR) is 175 cm³/mol. The maximum atomic E-state index is 6.69. The van der Waals surface area contributed by atoms with Gasteiger partial charge in [0.2, 0.25) is 0 Å². The fourth-order valence-corrected chi connectivity index (χ4v) is 6.34. The van der Waals surface area contributed by atoms with Gasteiger partial charge in [0.15, 0.2) is 0 Å². The van der Waals surface area contributed by atoms with Gasteiger partial charge in [-0.3, -0.25) is 0 Å². The first kappa shape index (κ1) is 36.6. The van der Waals surface area contributed by atoms with E-state index >= 15 is 0 Å². The molecule has 0 bridgehead atoms. The lowest BCUT2D eigenvalue weighted by atomic mass is 9.75. The molecule has 0 N–H and O–H groups in total. The van der Waals surface area contributed by atoms with E-state index in [4.69, 9.17) is 23.9 Å². The van der Waals surface area contributed by atoms with Crippen molar-refractivity contribution >= 4 is 0 Å². The van der Waals surface area contributed by atoms with Crippen LogP contribution in [0.4, 0.5) is 0 Å². The van der Waals surface area contributed by atoms with Crippen molar-refractivity contribution in [3.63, 3.8) is 0 Å². The second kappa shape index (κ2) is 14.4. The minimum Gasteiger partial charge on any atom is -0.488 e. The van der Waals surface area contributed by atoms with Crippen molar-refractivity contribution in [2.75, 3.05) is 13.7 Å². The number of methoxy groups -OCH3 is 1. The van der Waals surface area contributed by atoms with Crippen LogP contribution in [-0.4, -0.2) is 47.7 Å². The van der Waals surface area contributed by atoms with Crippen molar-refractivity contribution in [3.8, 4) is 17.6 Å². The Morgan fingerprint density at radius 1 is 0.976 bits per heavy atom. The summed E-state index contributed by atoms with van der Waals surface area (Å²) < 4.78 is 24.5. The molecule has 1 saturated carbocycles. The summed E-state index contributed by atoms with van der Waals surface area (Å²) in [4.78, 5) is 4.71. The van der Waals surface area contributed by atoms with Crippen LogP contribution in [0.25, 0.3) is 0 Å². The van der Waals surface area contributed by atoms with E-state index in [1.165, 1.54) is 0 Å². The summed E-state index contributed by atoms with van der Waals surface area (Å²) in [6.07, 6.45) is 7.57. The Balaban J connectivity index is 1.91. The van der Waals surface area contributed by atoms with Crippen molar-refractivity contribution in [2.24, 2.45) is 16.7 Å². The molecule has 2 atom stereocenters. The van der Waals surface area contributed by atoms with Crippen LogP contribution in [0.5, 0.6) is 5.75 Å². The minimum absolute atomic E-state index is 0.00730. The molecule has 0 aromatic carbocycles. The number of aromatic nitrogens is 1. The van der Waals surface area contributed by atoms with Crippen LogP contribution in [0.15, 0.2) is 12.1 Å². The van der Waals surface area contributed by atoms with Crippen LogP contribution >= 0.6 is 0 Å². The Bertz CT molecular complexity index is 1050. The highest BCUT2D eigenvalue weighted by Crippen LogP contribution is 2.37. The zero-order valence-electron chi connectivity index (χ0n) is 29.6. The van der Waals surface area contributed by atoms with Crippen molar-refractivity contribution in [2.45, 2.75) is 164 Å². The quantitative estimate of drug-likeness (QED) is 0.192. The van der Waals surface area contributed by atoms with Gasteiger partial charge in [-0.1, -0.05) is 33.6 Å². The molecular formula is C37H63NO4. The van der Waals surface area contributed by atoms with E-state index in [1.807, 2.05) is 19.1 Å². The smallest absolute Gasteiger partial charge is 0.141 e. The van der Waals surface area contributed by atoms with Gasteiger partial charge in [0.05, 0.1) is 35.2 Å². The third kappa shape index (κ3) is 12.9. The molecule has 240 valence electrons. The van der Waals surface area contributed by atoms with E-state index in [0.717, 1.165) is 62.1 Å². The maximum Gasteiger partial charge on any atom is 0.141 e. The summed E-state index contributed by atoms with van der Waals surface area (Å²) in [5.74, 6) is 8.25. The van der Waals surface area contributed by atoms with Gasteiger partial charge in [0, 0.05) is 25.4 Å². The molecule has 1 aromatic heterocycles. The van der Waals surface area contributed by atoms with E-state index in [2.05, 4.69) is 94.9 Å². The highest BCUT2D eigenvalue weighted by atomic mass is 16.5. The maximum absolute atomic E-state index is 6.69. The summed E-state index contributed by atoms with van der Waals surface area (Å²) in [5, 5.41) is 0. The monoisotopic (exact) mass is 585 g/mol. The third-order valence-corrected chi connectivity index (χ3v) is 8.31. The number of nitrogens with zero attached hydrogens (tertiary/aromatic N) is 1. The number of hydrogen-bond acceptors (Lipinski definition) is 5. The molecule has 5 heteroatoms. The second-order valence-electron chi connectivity index (χ2n) is 16.2. The van der Waals surface area contributed by atoms with Gasteiger partial charge in [-0.2, -0.15) is 0 Å². The van der Waals surface area contributed by atoms with Crippen LogP contribution in [-0.2, 0) is 14.2 Å². The zero-order chi connectivity index (χ0) is 32.0. The molecule has 2 unspecified atom stereocenters. The highest BCUT2D eigenvalue weighted by Gasteiger charge is 2.34. The lowest BCUT2D eigenvalue weighted by Gasteiger charge is -2.38. The lowest BCUT2D eigenvalue weighted by molar-refractivity contribution is -0.123. The Kier molecular flexibility index (Phi) is 12.6. The molecule has 0 radical (unpaired) electrons. The average molecular weight is 586 g/mol. The van der Waals surface area contributed by atoms with Crippen LogP contribution < -0.4 is 4.74 Å². The minimum atomic E-state index is -0.172. The number of ether oxygens (including phenoxy) is 4. The number of aryl methyl sites for hydroxylation is 1. The van der Waals surface area contributed by atoms with Gasteiger partial charge >= 0.3 is 0 Å². The van der Waals surface area contributed by atoms with Gasteiger partial charge in [-0.25, -0.2) is 4.98 Å². The Morgan fingerprint density at radius 2 is 1.62 bits per heavy atom. The standard InChI is InChI=1S/C37H63NO4/c1-15-37(13,21-18-27(2)24-36(11,12)42-33(4,5)6)40-26-35(9,10)25-34(7,8)20-19-29-16-17-32(28(3)38-29)41-31-22-30(23-31)39-14/h16-17,27,30-31H,15,18,21-26H2,1-14H3. The number of pyridine rings is 1. The molecule has 1 aliphatic rings. The van der Waals surface area contributed by atoms with Crippen LogP contribution in [0, 0.1) is 35.5 Å². The van der Waals surface area contributed by atoms with Crippen LogP contribution in [0.2, 0.25) is 0 Å². The molecule has 1 fully saturated rings. The molecule has 1 heterocycles. The molecule has 5 nitrogen and oxygen atoms in total. The van der Waals surface area contributed by atoms with E-state index < -0.39 is 0 Å². The summed E-state index contributed by atoms with van der Waals surface area (Å²) in [6.45, 7) is 29.4. The van der Waals surface area contributed by atoms with Gasteiger partial charge in [-0.05, 0) is 124 Å². The normalized spacial score (nSPS) is 20.2. The van der Waals surface area contributed by atoms with Gasteiger partial charge in [-0.15, -0.1) is 0 Å². The fourth-order valence-electron chi connectivity index (χ4n) is 6.34. The molecule has 2 rings (SSSR count). The molecule has 42 heavy (non-hydrogen) atoms. The number of hydrogen-bond donors (Lipinski definition) is 0. The first-order chi connectivity index (χ1) is 19.2. The van der Waals surface area contributed by atoms with Gasteiger partial charge in [0.1, 0.15) is 17.5 Å². The molecule has 0 spiro atoms. The number of rotatable bonds is 15. The summed E-state index contributed by atoms with van der Waals surface area (Å²) in [7, 11) is 1.76. The summed E-state index contributed by atoms with van der Waals surface area (Å²) in [6, 6.07) is 3.97. The van der Waals surface area contributed by atoms with E-state index in [-0.39, 0.29) is 33.7 Å². The van der Waals surface area contributed by atoms with E-state index in [0.29, 0.717) is 18.6 Å². The van der Waals surface area contributed by atoms with Crippen molar-refractivity contribution < 1.29 is 18.9 Å². The first-order valence-electron chi connectivity index (χ1n) is 16.2. The first-order valence-corrected chi connectivity index (χ1v) is 16.2. The fraction of sp³-hybridized carbons (Fsp3) is 0.811. The molecule has 0 amide bonds. The van der Waals surface area contributed by atoms with Crippen LogP contribution in [0.1, 0.15) is 139 Å². The Hall–Kier alpha value is -1.61. The van der Waals surface area contributed by atoms with E-state index in [1.54, 1.807) is 7.11 Å². The summed E-state index contributed by atoms with van der Waals surface area (Å²) in [5.41, 5.74) is 1.09. The van der Waals surface area contributed by atoms with Crippen molar-refractivity contribution in [1.82, 2.24) is 4.98 Å². The Morgan fingerprint density at radius 3 is 2.17 bits per heavy atom. The lowest BCUT2D eigenvalue weighted by Crippen LogP contribution is -2.39. The highest BCUT2D eigenvalue weighted by molar-refractivity contribution is 5.36. The summed E-state index contributed by atoms with van der Waals surface area (Å²) >= 11 is 0. The molecule has 1 aliphatic carbocycles. The molecule has 0 aliphatic heterocycles. The zero-order valence-corrected chi connectivity index (χ0v) is 29.6. The van der Waals surface area contributed by atoms with Crippen molar-refractivity contribution in [3.05, 3.63) is 23.5 Å². The SMILES string of the molecule is CCC(C)(CCC(C)CC(C)(C)OC(C)(C)C)OCC(C)(C)CC(C)(C)C#Cc1ccc(OC2CC(OC)C2)c(C)n1. The average Bonchev–Trinajstić information content (AvgIpc) is 2.81. The molecule has 0 saturated heterocycles. The largest absolute Gasteiger partial charge is 0.488 e. The Labute approximate surface area is 259 Å². The predicted octanol–water partition coefficient (Wildman–Crippen LogP) is 9.33. The topological polar surface area (TPSA) is 49.8 Å². The molecule has 1 aromatic rings. The van der Waals surface area contributed by atoms with E-state index in [9.17, 15) is 0 Å². The molecular weight excluding hydrogens is 522 g/mol. The van der Waals surface area contributed by atoms with Crippen LogP contribution in [0.3, 0.4) is 0 Å². The second-order valence-corrected chi connectivity index (χ2v) is 16.2. The van der Waals surface area contributed by atoms with Gasteiger partial charge in [0.25, 0.3) is 0 Å². The third-order valence-electron chi connectivity index (χ3n) is 8.31. The van der Waals surface area contributed by atoms with Gasteiger partial charge < -0.3 is 18.9 Å².